The van der Waals surface area contributed by atoms with Crippen LogP contribution < -0.4 is 16.4 Å². The molecule has 1 unspecified atom stereocenters. The number of carbonyl (C=O) groups excluding carboxylic acids is 3. The van der Waals surface area contributed by atoms with Gasteiger partial charge in [-0.2, -0.15) is 0 Å². The summed E-state index contributed by atoms with van der Waals surface area (Å²) in [4.78, 5) is 35.0. The number of hydrogen-bond donors (Lipinski definition) is 3. The Morgan fingerprint density at radius 3 is 2.40 bits per heavy atom. The summed E-state index contributed by atoms with van der Waals surface area (Å²) < 4.78 is 0.888. The van der Waals surface area contributed by atoms with Crippen LogP contribution in [0.5, 0.6) is 0 Å². The minimum atomic E-state index is -0.709. The quantitative estimate of drug-likeness (QED) is 0.644. The summed E-state index contributed by atoms with van der Waals surface area (Å²) in [5.74, 6) is -0.387. The monoisotopic (exact) mass is 403 g/mol. The zero-order valence-electron chi connectivity index (χ0n) is 13.6. The third-order valence-corrected chi connectivity index (χ3v) is 4.06. The molecule has 4 N–H and O–H groups in total. The maximum atomic E-state index is 12.3. The summed E-state index contributed by atoms with van der Waals surface area (Å²) in [6.07, 6.45) is 0.00880. The standard InChI is InChI=1S/C18H18BrN3O3/c1-11(23)13-3-2-4-15(9-13)21-17(24)10-16(22-18(20)25)12-5-7-14(19)8-6-12/h2-9,16H,10H2,1H3,(H,21,24)(H3,20,22,25). The number of hydrogen-bond acceptors (Lipinski definition) is 3. The molecule has 2 rings (SSSR count). The Bertz CT molecular complexity index is 790. The van der Waals surface area contributed by atoms with Crippen LogP contribution in [0.15, 0.2) is 53.0 Å². The highest BCUT2D eigenvalue weighted by molar-refractivity contribution is 9.10. The maximum Gasteiger partial charge on any atom is 0.312 e. The molecule has 2 aromatic carbocycles. The van der Waals surface area contributed by atoms with E-state index in [4.69, 9.17) is 5.73 Å². The topological polar surface area (TPSA) is 101 Å². The number of Topliss-reactive ketones (excluding diaryl/α,β-unsaturated/α-hetero) is 1. The van der Waals surface area contributed by atoms with Gasteiger partial charge in [-0.05, 0) is 36.8 Å². The molecule has 0 heterocycles. The zero-order chi connectivity index (χ0) is 18.4. The summed E-state index contributed by atoms with van der Waals surface area (Å²) in [7, 11) is 0. The molecule has 3 amide bonds. The van der Waals surface area contributed by atoms with Gasteiger partial charge in [-0.25, -0.2) is 4.79 Å². The van der Waals surface area contributed by atoms with E-state index in [0.717, 1.165) is 10.0 Å². The first-order valence-electron chi connectivity index (χ1n) is 7.57. The molecule has 0 saturated heterocycles. The maximum absolute atomic E-state index is 12.3. The molecule has 0 aliphatic rings. The van der Waals surface area contributed by atoms with E-state index in [0.29, 0.717) is 11.3 Å². The molecule has 1 atom stereocenters. The summed E-state index contributed by atoms with van der Waals surface area (Å²) in [5, 5.41) is 5.30. The number of nitrogens with two attached hydrogens (primary N) is 1. The second-order valence-corrected chi connectivity index (χ2v) is 6.42. The Balaban J connectivity index is 2.11. The van der Waals surface area contributed by atoms with Crippen LogP contribution in [0.3, 0.4) is 0 Å². The largest absolute Gasteiger partial charge is 0.352 e. The lowest BCUT2D eigenvalue weighted by Gasteiger charge is -2.18. The number of ketones is 1. The Hall–Kier alpha value is -2.67. The van der Waals surface area contributed by atoms with Gasteiger partial charge in [0.15, 0.2) is 5.78 Å². The zero-order valence-corrected chi connectivity index (χ0v) is 15.2. The first-order valence-corrected chi connectivity index (χ1v) is 8.36. The molecule has 6 nitrogen and oxygen atoms in total. The molecule has 25 heavy (non-hydrogen) atoms. The van der Waals surface area contributed by atoms with Gasteiger partial charge in [0.1, 0.15) is 0 Å². The lowest BCUT2D eigenvalue weighted by Crippen LogP contribution is -2.35. The molecular weight excluding hydrogens is 386 g/mol. The third kappa shape index (κ3) is 5.72. The smallest absolute Gasteiger partial charge is 0.312 e. The predicted octanol–water partition coefficient (Wildman–Crippen LogP) is 3.39. The Morgan fingerprint density at radius 2 is 1.80 bits per heavy atom. The number of carbonyl (C=O) groups is 3. The van der Waals surface area contributed by atoms with E-state index >= 15 is 0 Å². The molecule has 0 aromatic heterocycles. The van der Waals surface area contributed by atoms with Crippen LogP contribution in [0.4, 0.5) is 10.5 Å². The van der Waals surface area contributed by atoms with Gasteiger partial charge >= 0.3 is 6.03 Å². The van der Waals surface area contributed by atoms with E-state index in [2.05, 4.69) is 26.6 Å². The van der Waals surface area contributed by atoms with Crippen LogP contribution in [0.1, 0.15) is 35.3 Å². The van der Waals surface area contributed by atoms with E-state index in [9.17, 15) is 14.4 Å². The van der Waals surface area contributed by atoms with Crippen molar-refractivity contribution in [1.82, 2.24) is 5.32 Å². The number of primary amides is 1. The van der Waals surface area contributed by atoms with E-state index in [-0.39, 0.29) is 18.1 Å². The second kappa shape index (κ2) is 8.43. The molecule has 0 fully saturated rings. The van der Waals surface area contributed by atoms with Crippen molar-refractivity contribution in [3.63, 3.8) is 0 Å². The lowest BCUT2D eigenvalue weighted by molar-refractivity contribution is -0.116. The first-order chi connectivity index (χ1) is 11.8. The van der Waals surface area contributed by atoms with Crippen molar-refractivity contribution >= 4 is 39.3 Å². The van der Waals surface area contributed by atoms with Crippen LogP contribution >= 0.6 is 15.9 Å². The molecular formula is C18H18BrN3O3. The number of amides is 3. The van der Waals surface area contributed by atoms with Gasteiger partial charge in [-0.15, -0.1) is 0 Å². The van der Waals surface area contributed by atoms with Gasteiger partial charge in [0.05, 0.1) is 12.5 Å². The van der Waals surface area contributed by atoms with E-state index in [1.807, 2.05) is 12.1 Å². The number of nitrogens with one attached hydrogen (secondary N) is 2. The molecule has 130 valence electrons. The van der Waals surface area contributed by atoms with Gasteiger partial charge < -0.3 is 16.4 Å². The van der Waals surface area contributed by atoms with Gasteiger partial charge in [0, 0.05) is 15.7 Å². The highest BCUT2D eigenvalue weighted by atomic mass is 79.9. The fourth-order valence-electron chi connectivity index (χ4n) is 2.33. The molecule has 0 radical (unpaired) electrons. The van der Waals surface area contributed by atoms with E-state index < -0.39 is 12.1 Å². The Kier molecular flexibility index (Phi) is 6.30. The van der Waals surface area contributed by atoms with E-state index in [1.165, 1.54) is 6.92 Å². The van der Waals surface area contributed by atoms with Crippen molar-refractivity contribution in [2.45, 2.75) is 19.4 Å². The van der Waals surface area contributed by atoms with Crippen LogP contribution in [0.25, 0.3) is 0 Å². The van der Waals surface area contributed by atoms with Gasteiger partial charge in [-0.3, -0.25) is 9.59 Å². The lowest BCUT2D eigenvalue weighted by atomic mass is 10.0. The predicted molar refractivity (Wildman–Crippen MR) is 99.3 cm³/mol. The molecule has 2 aromatic rings. The van der Waals surface area contributed by atoms with Crippen molar-refractivity contribution in [1.29, 1.82) is 0 Å². The Labute approximate surface area is 153 Å². The van der Waals surface area contributed by atoms with Crippen LogP contribution in [-0.2, 0) is 4.79 Å². The molecule has 0 bridgehead atoms. The highest BCUT2D eigenvalue weighted by Crippen LogP contribution is 2.21. The van der Waals surface area contributed by atoms with Crippen molar-refractivity contribution in [2.24, 2.45) is 5.73 Å². The summed E-state index contributed by atoms with van der Waals surface area (Å²) in [6.45, 7) is 1.46. The number of anilines is 1. The number of urea groups is 1. The van der Waals surface area contributed by atoms with Crippen molar-refractivity contribution in [3.8, 4) is 0 Å². The second-order valence-electron chi connectivity index (χ2n) is 5.50. The summed E-state index contributed by atoms with van der Waals surface area (Å²) >= 11 is 3.34. The summed E-state index contributed by atoms with van der Waals surface area (Å²) in [6, 6.07) is 12.6. The van der Waals surface area contributed by atoms with Crippen molar-refractivity contribution in [2.75, 3.05) is 5.32 Å². The molecule has 0 aliphatic carbocycles. The molecule has 0 saturated carbocycles. The minimum absolute atomic E-state index is 0.00880. The minimum Gasteiger partial charge on any atom is -0.352 e. The third-order valence-electron chi connectivity index (χ3n) is 3.53. The molecule has 7 heteroatoms. The van der Waals surface area contributed by atoms with Crippen molar-refractivity contribution in [3.05, 3.63) is 64.1 Å². The van der Waals surface area contributed by atoms with Gasteiger partial charge in [0.25, 0.3) is 0 Å². The fraction of sp³-hybridized carbons (Fsp3) is 0.167. The summed E-state index contributed by atoms with van der Waals surface area (Å²) in [5.41, 5.74) is 7.00. The SMILES string of the molecule is CC(=O)c1cccc(NC(=O)CC(NC(N)=O)c2ccc(Br)cc2)c1. The Morgan fingerprint density at radius 1 is 1.12 bits per heavy atom. The van der Waals surface area contributed by atoms with Crippen LogP contribution in [-0.4, -0.2) is 17.7 Å². The van der Waals surface area contributed by atoms with Gasteiger partial charge in [0.2, 0.25) is 5.91 Å². The van der Waals surface area contributed by atoms with Crippen LogP contribution in [0, 0.1) is 0 Å². The molecule has 0 aliphatic heterocycles. The average Bonchev–Trinajstić information content (AvgIpc) is 2.54. The highest BCUT2D eigenvalue weighted by Gasteiger charge is 2.18. The van der Waals surface area contributed by atoms with Gasteiger partial charge in [-0.1, -0.05) is 40.2 Å². The average molecular weight is 404 g/mol. The van der Waals surface area contributed by atoms with Crippen LogP contribution in [0.2, 0.25) is 0 Å². The normalized spacial score (nSPS) is 11.4. The van der Waals surface area contributed by atoms with E-state index in [1.54, 1.807) is 36.4 Å². The number of rotatable bonds is 6. The van der Waals surface area contributed by atoms with Crippen molar-refractivity contribution < 1.29 is 14.4 Å². The number of benzene rings is 2. The molecule has 0 spiro atoms. The first kappa shape index (κ1) is 18.7. The number of halogens is 1. The fourth-order valence-corrected chi connectivity index (χ4v) is 2.60.